The van der Waals surface area contributed by atoms with Crippen LogP contribution in [0.25, 0.3) is 22.4 Å². The van der Waals surface area contributed by atoms with E-state index in [9.17, 15) is 4.39 Å². The van der Waals surface area contributed by atoms with Gasteiger partial charge in [-0.3, -0.25) is 0 Å². The standard InChI is InChI=1S/C17H17FN6/c18-13-7-21-16(12-6-20-15-11(12)5-19-8-22-15)24-17(13)23-14-4-9-1-2-10(14)3-9/h5-10,14H,1-4H2,(H,19,20,22)(H,21,23,24)/t9-,10?,14?/m1/s1. The second-order valence-electron chi connectivity index (χ2n) is 6.80. The van der Waals surface area contributed by atoms with Crippen molar-refractivity contribution in [3.05, 3.63) is 30.7 Å². The molecule has 6 nitrogen and oxygen atoms in total. The topological polar surface area (TPSA) is 79.4 Å². The Balaban J connectivity index is 1.50. The molecule has 122 valence electrons. The van der Waals surface area contributed by atoms with Crippen molar-refractivity contribution in [2.24, 2.45) is 11.8 Å². The summed E-state index contributed by atoms with van der Waals surface area (Å²) in [5.41, 5.74) is 1.50. The van der Waals surface area contributed by atoms with Crippen LogP contribution in [-0.2, 0) is 0 Å². The van der Waals surface area contributed by atoms with Crippen molar-refractivity contribution in [1.82, 2.24) is 24.9 Å². The summed E-state index contributed by atoms with van der Waals surface area (Å²) in [4.78, 5) is 19.9. The zero-order valence-corrected chi connectivity index (χ0v) is 13.0. The number of hydrogen-bond acceptors (Lipinski definition) is 5. The lowest BCUT2D eigenvalue weighted by Gasteiger charge is -2.23. The number of aromatic amines is 1. The molecule has 2 fully saturated rings. The van der Waals surface area contributed by atoms with E-state index in [0.29, 0.717) is 23.6 Å². The Kier molecular flexibility index (Phi) is 3.01. The fourth-order valence-corrected chi connectivity index (χ4v) is 4.24. The van der Waals surface area contributed by atoms with Crippen LogP contribution in [0.5, 0.6) is 0 Å². The highest BCUT2D eigenvalue weighted by Gasteiger charge is 2.39. The van der Waals surface area contributed by atoms with Crippen LogP contribution in [0.15, 0.2) is 24.9 Å². The second kappa shape index (κ2) is 5.22. The van der Waals surface area contributed by atoms with Crippen molar-refractivity contribution < 1.29 is 4.39 Å². The highest BCUT2D eigenvalue weighted by atomic mass is 19.1. The van der Waals surface area contributed by atoms with E-state index in [1.54, 1.807) is 12.4 Å². The zero-order valence-electron chi connectivity index (χ0n) is 13.0. The van der Waals surface area contributed by atoms with Gasteiger partial charge < -0.3 is 10.3 Å². The molecule has 3 atom stereocenters. The summed E-state index contributed by atoms with van der Waals surface area (Å²) >= 11 is 0. The molecular weight excluding hydrogens is 307 g/mol. The van der Waals surface area contributed by atoms with Crippen molar-refractivity contribution in [1.29, 1.82) is 0 Å². The van der Waals surface area contributed by atoms with Crippen LogP contribution in [-0.4, -0.2) is 31.0 Å². The molecule has 3 aromatic heterocycles. The van der Waals surface area contributed by atoms with Crippen LogP contribution in [0.4, 0.5) is 10.2 Å². The summed E-state index contributed by atoms with van der Waals surface area (Å²) in [6, 6.07) is 0.326. The van der Waals surface area contributed by atoms with E-state index in [4.69, 9.17) is 0 Å². The van der Waals surface area contributed by atoms with Gasteiger partial charge in [-0.05, 0) is 31.1 Å². The molecule has 0 aliphatic heterocycles. The normalized spacial score (nSPS) is 25.5. The molecule has 2 unspecified atom stereocenters. The molecule has 3 heterocycles. The number of H-pyrrole nitrogens is 1. The molecule has 0 amide bonds. The number of rotatable bonds is 3. The third-order valence-corrected chi connectivity index (χ3v) is 5.40. The lowest BCUT2D eigenvalue weighted by molar-refractivity contribution is 0.436. The Morgan fingerprint density at radius 1 is 1.17 bits per heavy atom. The molecule has 3 aromatic rings. The van der Waals surface area contributed by atoms with Crippen LogP contribution in [0.3, 0.4) is 0 Å². The first-order valence-corrected chi connectivity index (χ1v) is 8.34. The number of fused-ring (bicyclic) bond motifs is 3. The first-order valence-electron chi connectivity index (χ1n) is 8.34. The molecule has 0 saturated heterocycles. The van der Waals surface area contributed by atoms with Crippen LogP contribution in [0, 0.1) is 17.7 Å². The predicted molar refractivity (Wildman–Crippen MR) is 87.7 cm³/mol. The van der Waals surface area contributed by atoms with Crippen molar-refractivity contribution >= 4 is 16.9 Å². The molecule has 5 rings (SSSR count). The SMILES string of the molecule is Fc1cnc(-c2c[nH]c3ncncc23)nc1NC1C[C@@H]2CCC1C2. The molecule has 24 heavy (non-hydrogen) atoms. The number of anilines is 1. The van der Waals surface area contributed by atoms with E-state index in [1.807, 2.05) is 0 Å². The Morgan fingerprint density at radius 3 is 2.96 bits per heavy atom. The highest BCUT2D eigenvalue weighted by Crippen LogP contribution is 2.45. The van der Waals surface area contributed by atoms with Gasteiger partial charge in [0, 0.05) is 29.4 Å². The summed E-state index contributed by atoms with van der Waals surface area (Å²) in [6.07, 6.45) is 11.1. The third-order valence-electron chi connectivity index (χ3n) is 5.40. The lowest BCUT2D eigenvalue weighted by atomic mass is 9.95. The Hall–Kier alpha value is -2.57. The maximum absolute atomic E-state index is 14.2. The summed E-state index contributed by atoms with van der Waals surface area (Å²) in [7, 11) is 0. The van der Waals surface area contributed by atoms with Gasteiger partial charge in [0.25, 0.3) is 0 Å². The number of nitrogens with one attached hydrogen (secondary N) is 2. The average Bonchev–Trinajstić information content (AvgIpc) is 3.31. The van der Waals surface area contributed by atoms with Gasteiger partial charge in [0.1, 0.15) is 12.0 Å². The molecular formula is C17H17FN6. The summed E-state index contributed by atoms with van der Waals surface area (Å²) in [5, 5.41) is 4.15. The number of halogens is 1. The van der Waals surface area contributed by atoms with E-state index in [2.05, 4.69) is 30.2 Å². The van der Waals surface area contributed by atoms with Gasteiger partial charge in [0.05, 0.1) is 6.20 Å². The molecule has 2 N–H and O–H groups in total. The minimum Gasteiger partial charge on any atom is -0.364 e. The largest absolute Gasteiger partial charge is 0.364 e. The predicted octanol–water partition coefficient (Wildman–Crippen LogP) is 3.15. The van der Waals surface area contributed by atoms with E-state index < -0.39 is 5.82 Å². The van der Waals surface area contributed by atoms with Gasteiger partial charge >= 0.3 is 0 Å². The Labute approximate surface area is 138 Å². The molecule has 2 aliphatic rings. The molecule has 2 aliphatic carbocycles. The fourth-order valence-electron chi connectivity index (χ4n) is 4.24. The fraction of sp³-hybridized carbons (Fsp3) is 0.412. The van der Waals surface area contributed by atoms with E-state index in [1.165, 1.54) is 31.8 Å². The van der Waals surface area contributed by atoms with Crippen LogP contribution in [0.1, 0.15) is 25.7 Å². The zero-order chi connectivity index (χ0) is 16.1. The number of nitrogens with zero attached hydrogens (tertiary/aromatic N) is 4. The van der Waals surface area contributed by atoms with Crippen molar-refractivity contribution in [2.75, 3.05) is 5.32 Å². The van der Waals surface area contributed by atoms with Crippen LogP contribution < -0.4 is 5.32 Å². The van der Waals surface area contributed by atoms with Gasteiger partial charge in [-0.25, -0.2) is 24.3 Å². The summed E-state index contributed by atoms with van der Waals surface area (Å²) in [6.45, 7) is 0. The van der Waals surface area contributed by atoms with Crippen LogP contribution in [0.2, 0.25) is 0 Å². The van der Waals surface area contributed by atoms with E-state index in [-0.39, 0.29) is 0 Å². The molecule has 0 spiro atoms. The van der Waals surface area contributed by atoms with Crippen LogP contribution >= 0.6 is 0 Å². The summed E-state index contributed by atoms with van der Waals surface area (Å²) in [5.74, 6) is 1.81. The van der Waals surface area contributed by atoms with Crippen molar-refractivity contribution in [3.63, 3.8) is 0 Å². The van der Waals surface area contributed by atoms with Crippen molar-refractivity contribution in [3.8, 4) is 11.4 Å². The van der Waals surface area contributed by atoms with Crippen molar-refractivity contribution in [2.45, 2.75) is 31.7 Å². The maximum Gasteiger partial charge on any atom is 0.183 e. The maximum atomic E-state index is 14.2. The minimum atomic E-state index is -0.405. The Morgan fingerprint density at radius 2 is 2.12 bits per heavy atom. The number of hydrogen-bond donors (Lipinski definition) is 2. The first kappa shape index (κ1) is 13.8. The molecule has 2 saturated carbocycles. The highest BCUT2D eigenvalue weighted by molar-refractivity contribution is 5.90. The summed E-state index contributed by atoms with van der Waals surface area (Å²) < 4.78 is 14.2. The molecule has 0 radical (unpaired) electrons. The van der Waals surface area contributed by atoms with E-state index >= 15 is 0 Å². The molecule has 7 heteroatoms. The molecule has 0 aromatic carbocycles. The van der Waals surface area contributed by atoms with Gasteiger partial charge in [0.2, 0.25) is 0 Å². The minimum absolute atomic E-state index is 0.295. The average molecular weight is 324 g/mol. The quantitative estimate of drug-likeness (QED) is 0.773. The number of aromatic nitrogens is 5. The molecule has 2 bridgehead atoms. The van der Waals surface area contributed by atoms with Gasteiger partial charge in [-0.2, -0.15) is 0 Å². The van der Waals surface area contributed by atoms with Gasteiger partial charge in [-0.15, -0.1) is 0 Å². The third kappa shape index (κ3) is 2.15. The monoisotopic (exact) mass is 324 g/mol. The Bertz CT molecular complexity index is 907. The van der Waals surface area contributed by atoms with E-state index in [0.717, 1.165) is 28.9 Å². The lowest BCUT2D eigenvalue weighted by Crippen LogP contribution is -2.27. The second-order valence-corrected chi connectivity index (χ2v) is 6.80. The van der Waals surface area contributed by atoms with Gasteiger partial charge in [0.15, 0.2) is 17.5 Å². The van der Waals surface area contributed by atoms with Gasteiger partial charge in [-0.1, -0.05) is 6.42 Å². The first-order chi connectivity index (χ1) is 11.8. The smallest absolute Gasteiger partial charge is 0.183 e.